The molecule has 4 nitrogen and oxygen atoms in total. The highest BCUT2D eigenvalue weighted by atomic mass is 79.9. The average molecular weight is 298 g/mol. The number of furan rings is 1. The molecule has 5 heteroatoms. The van der Waals surface area contributed by atoms with Gasteiger partial charge < -0.3 is 10.2 Å². The first-order valence-electron chi connectivity index (χ1n) is 5.52. The summed E-state index contributed by atoms with van der Waals surface area (Å²) in [7, 11) is 0. The monoisotopic (exact) mass is 297 g/mol. The van der Waals surface area contributed by atoms with Crippen LogP contribution in [0, 0.1) is 20.8 Å². The number of hydrogen-bond acceptors (Lipinski definition) is 3. The van der Waals surface area contributed by atoms with Crippen molar-refractivity contribution in [2.24, 2.45) is 5.73 Å². The van der Waals surface area contributed by atoms with E-state index in [1.54, 1.807) is 0 Å². The zero-order valence-electron chi connectivity index (χ0n) is 10.2. The maximum Gasteiger partial charge on any atom is 0.130 e. The van der Waals surface area contributed by atoms with Gasteiger partial charge in [0.1, 0.15) is 17.6 Å². The Bertz CT molecular complexity index is 530. The maximum atomic E-state index is 5.84. The van der Waals surface area contributed by atoms with Crippen LogP contribution in [0.2, 0.25) is 0 Å². The first-order chi connectivity index (χ1) is 8.04. The molecule has 0 saturated heterocycles. The van der Waals surface area contributed by atoms with Gasteiger partial charge in [-0.05, 0) is 48.8 Å². The van der Waals surface area contributed by atoms with Crippen molar-refractivity contribution < 1.29 is 4.42 Å². The summed E-state index contributed by atoms with van der Waals surface area (Å²) in [5.41, 5.74) is 7.86. The van der Waals surface area contributed by atoms with E-state index in [1.807, 2.05) is 37.6 Å². The lowest BCUT2D eigenvalue weighted by Gasteiger charge is -2.14. The summed E-state index contributed by atoms with van der Waals surface area (Å²) < 4.78 is 8.58. The Hall–Kier alpha value is -1.07. The second-order valence-electron chi connectivity index (χ2n) is 4.13. The molecule has 0 radical (unpaired) electrons. The van der Waals surface area contributed by atoms with E-state index in [-0.39, 0.29) is 6.04 Å². The predicted octanol–water partition coefficient (Wildman–Crippen LogP) is 2.71. The van der Waals surface area contributed by atoms with Crippen LogP contribution >= 0.6 is 15.9 Å². The topological polar surface area (TPSA) is 57.0 Å². The lowest BCUT2D eigenvalue weighted by Crippen LogP contribution is -2.22. The SMILES string of the molecule is Cc1ccc(C(CN)n2nc(C)c(Br)c2C)o1. The molecule has 2 N–H and O–H groups in total. The maximum absolute atomic E-state index is 5.84. The van der Waals surface area contributed by atoms with Crippen molar-refractivity contribution in [1.29, 1.82) is 0 Å². The zero-order chi connectivity index (χ0) is 12.6. The third-order valence-electron chi connectivity index (χ3n) is 2.84. The van der Waals surface area contributed by atoms with Crippen LogP contribution in [0.4, 0.5) is 0 Å². The molecule has 17 heavy (non-hydrogen) atoms. The normalized spacial score (nSPS) is 13.0. The summed E-state index contributed by atoms with van der Waals surface area (Å²) in [6.07, 6.45) is 0. The Labute approximate surface area is 109 Å². The van der Waals surface area contributed by atoms with E-state index in [9.17, 15) is 0 Å². The van der Waals surface area contributed by atoms with E-state index < -0.39 is 0 Å². The van der Waals surface area contributed by atoms with Crippen molar-refractivity contribution >= 4 is 15.9 Å². The molecule has 0 amide bonds. The van der Waals surface area contributed by atoms with Crippen molar-refractivity contribution in [1.82, 2.24) is 9.78 Å². The van der Waals surface area contributed by atoms with Gasteiger partial charge in [-0.1, -0.05) is 0 Å². The molecule has 0 spiro atoms. The van der Waals surface area contributed by atoms with Gasteiger partial charge in [0, 0.05) is 6.54 Å². The highest BCUT2D eigenvalue weighted by Gasteiger charge is 2.20. The number of aromatic nitrogens is 2. The minimum absolute atomic E-state index is 0.0475. The van der Waals surface area contributed by atoms with E-state index in [0.717, 1.165) is 27.4 Å². The molecule has 0 aliphatic heterocycles. The quantitative estimate of drug-likeness (QED) is 0.948. The van der Waals surface area contributed by atoms with Gasteiger partial charge in [-0.15, -0.1) is 0 Å². The summed E-state index contributed by atoms with van der Waals surface area (Å²) in [4.78, 5) is 0. The van der Waals surface area contributed by atoms with Crippen LogP contribution in [0.1, 0.15) is 29.0 Å². The van der Waals surface area contributed by atoms with Gasteiger partial charge >= 0.3 is 0 Å². The second-order valence-corrected chi connectivity index (χ2v) is 4.92. The highest BCUT2D eigenvalue weighted by molar-refractivity contribution is 9.10. The van der Waals surface area contributed by atoms with Crippen molar-refractivity contribution in [2.45, 2.75) is 26.8 Å². The summed E-state index contributed by atoms with van der Waals surface area (Å²) in [5.74, 6) is 1.74. The van der Waals surface area contributed by atoms with E-state index in [0.29, 0.717) is 6.54 Å². The van der Waals surface area contributed by atoms with Crippen LogP contribution in [0.25, 0.3) is 0 Å². The van der Waals surface area contributed by atoms with Crippen molar-refractivity contribution in [2.75, 3.05) is 6.54 Å². The molecule has 0 saturated carbocycles. The molecule has 2 aromatic heterocycles. The Morgan fingerprint density at radius 1 is 1.41 bits per heavy atom. The van der Waals surface area contributed by atoms with Gasteiger partial charge in [-0.2, -0.15) is 5.10 Å². The molecular formula is C12H16BrN3O. The van der Waals surface area contributed by atoms with Gasteiger partial charge in [0.2, 0.25) is 0 Å². The Morgan fingerprint density at radius 2 is 2.12 bits per heavy atom. The van der Waals surface area contributed by atoms with Gasteiger partial charge in [0.05, 0.1) is 15.9 Å². The van der Waals surface area contributed by atoms with Crippen molar-refractivity contribution in [3.05, 3.63) is 39.5 Å². The summed E-state index contributed by atoms with van der Waals surface area (Å²) in [5, 5.41) is 4.50. The van der Waals surface area contributed by atoms with E-state index in [4.69, 9.17) is 10.2 Å². The lowest BCUT2D eigenvalue weighted by molar-refractivity contribution is 0.393. The van der Waals surface area contributed by atoms with Crippen molar-refractivity contribution in [3.63, 3.8) is 0 Å². The summed E-state index contributed by atoms with van der Waals surface area (Å²) >= 11 is 3.52. The van der Waals surface area contributed by atoms with Gasteiger partial charge in [-0.25, -0.2) is 0 Å². The fourth-order valence-electron chi connectivity index (χ4n) is 1.92. The fourth-order valence-corrected chi connectivity index (χ4v) is 2.18. The molecule has 0 aliphatic rings. The number of rotatable bonds is 3. The van der Waals surface area contributed by atoms with Gasteiger partial charge in [0.25, 0.3) is 0 Å². The second kappa shape index (κ2) is 4.66. The van der Waals surface area contributed by atoms with Crippen LogP contribution in [-0.4, -0.2) is 16.3 Å². The number of nitrogens with zero attached hydrogens (tertiary/aromatic N) is 2. The van der Waals surface area contributed by atoms with Crippen LogP contribution in [0.3, 0.4) is 0 Å². The molecule has 0 aliphatic carbocycles. The zero-order valence-corrected chi connectivity index (χ0v) is 11.8. The minimum atomic E-state index is -0.0475. The standard InChI is InChI=1S/C12H16BrN3O/c1-7-4-5-11(17-7)10(6-14)16-9(3)12(13)8(2)15-16/h4-5,10H,6,14H2,1-3H3. The number of hydrogen-bond donors (Lipinski definition) is 1. The van der Waals surface area contributed by atoms with Crippen molar-refractivity contribution in [3.8, 4) is 0 Å². The molecular weight excluding hydrogens is 282 g/mol. The van der Waals surface area contributed by atoms with E-state index in [2.05, 4.69) is 21.0 Å². The Balaban J connectivity index is 2.45. The van der Waals surface area contributed by atoms with Crippen LogP contribution in [-0.2, 0) is 0 Å². The molecule has 1 unspecified atom stereocenters. The molecule has 0 fully saturated rings. The molecule has 0 aromatic carbocycles. The fraction of sp³-hybridized carbons (Fsp3) is 0.417. The first kappa shape index (κ1) is 12.4. The van der Waals surface area contributed by atoms with E-state index in [1.165, 1.54) is 0 Å². The van der Waals surface area contributed by atoms with Crippen LogP contribution in [0.15, 0.2) is 21.0 Å². The molecule has 2 rings (SSSR count). The Kier molecular flexibility index (Phi) is 3.40. The molecule has 92 valence electrons. The number of halogens is 1. The molecule has 0 bridgehead atoms. The molecule has 1 atom stereocenters. The number of aryl methyl sites for hydroxylation is 2. The smallest absolute Gasteiger partial charge is 0.130 e. The first-order valence-corrected chi connectivity index (χ1v) is 6.31. The van der Waals surface area contributed by atoms with Crippen LogP contribution in [0.5, 0.6) is 0 Å². The molecule has 2 heterocycles. The molecule has 2 aromatic rings. The Morgan fingerprint density at radius 3 is 2.53 bits per heavy atom. The third kappa shape index (κ3) is 2.17. The van der Waals surface area contributed by atoms with Gasteiger partial charge in [0.15, 0.2) is 0 Å². The lowest BCUT2D eigenvalue weighted by atomic mass is 10.2. The third-order valence-corrected chi connectivity index (χ3v) is 3.99. The summed E-state index contributed by atoms with van der Waals surface area (Å²) in [6.45, 7) is 6.37. The number of nitrogens with two attached hydrogens (primary N) is 1. The highest BCUT2D eigenvalue weighted by Crippen LogP contribution is 2.26. The average Bonchev–Trinajstić information content (AvgIpc) is 2.82. The largest absolute Gasteiger partial charge is 0.464 e. The van der Waals surface area contributed by atoms with Gasteiger partial charge in [-0.3, -0.25) is 4.68 Å². The summed E-state index contributed by atoms with van der Waals surface area (Å²) in [6, 6.07) is 3.85. The van der Waals surface area contributed by atoms with Crippen LogP contribution < -0.4 is 5.73 Å². The predicted molar refractivity (Wildman–Crippen MR) is 70.0 cm³/mol. The van der Waals surface area contributed by atoms with E-state index >= 15 is 0 Å². The minimum Gasteiger partial charge on any atom is -0.464 e.